The molecule has 1 aliphatic carbocycles. The van der Waals surface area contributed by atoms with Crippen molar-refractivity contribution in [1.82, 2.24) is 15.1 Å². The second kappa shape index (κ2) is 5.66. The Morgan fingerprint density at radius 2 is 1.84 bits per heavy atom. The first-order chi connectivity index (χ1) is 8.83. The Labute approximate surface area is 117 Å². The topological polar surface area (TPSA) is 29.9 Å². The minimum absolute atomic E-state index is 0.150. The summed E-state index contributed by atoms with van der Waals surface area (Å²) in [6.45, 7) is 12.2. The third-order valence-corrected chi connectivity index (χ3v) is 3.99. The first-order valence-corrected chi connectivity index (χ1v) is 7.62. The van der Waals surface area contributed by atoms with Crippen molar-refractivity contribution in [3.63, 3.8) is 0 Å². The zero-order chi connectivity index (χ0) is 14.0. The maximum atomic E-state index is 4.76. The summed E-state index contributed by atoms with van der Waals surface area (Å²) in [5.41, 5.74) is 1.30. The van der Waals surface area contributed by atoms with Crippen LogP contribution in [0.2, 0.25) is 0 Å². The molecule has 1 fully saturated rings. The lowest BCUT2D eigenvalue weighted by Gasteiger charge is -2.31. The Balaban J connectivity index is 1.96. The van der Waals surface area contributed by atoms with Crippen molar-refractivity contribution in [3.05, 3.63) is 18.0 Å². The van der Waals surface area contributed by atoms with Gasteiger partial charge in [-0.25, -0.2) is 0 Å². The first-order valence-electron chi connectivity index (χ1n) is 7.62. The van der Waals surface area contributed by atoms with Gasteiger partial charge >= 0.3 is 0 Å². The number of nitrogens with one attached hydrogen (secondary N) is 1. The summed E-state index contributed by atoms with van der Waals surface area (Å²) in [4.78, 5) is 0. The van der Waals surface area contributed by atoms with E-state index >= 15 is 0 Å². The maximum absolute atomic E-state index is 4.76. The van der Waals surface area contributed by atoms with Gasteiger partial charge in [0, 0.05) is 18.3 Å². The van der Waals surface area contributed by atoms with Crippen LogP contribution in [0.4, 0.5) is 0 Å². The Hall–Kier alpha value is -0.830. The third kappa shape index (κ3) is 4.34. The standard InChI is InChI=1S/C16H29N3/c1-12-8-13(2)10-15(9-12)19-7-6-14(18-19)11-17-16(3,4)5/h6-7,12-13,15,17H,8-11H2,1-5H3. The van der Waals surface area contributed by atoms with E-state index in [4.69, 9.17) is 5.10 Å². The van der Waals surface area contributed by atoms with Crippen LogP contribution in [-0.2, 0) is 6.54 Å². The molecular weight excluding hydrogens is 234 g/mol. The van der Waals surface area contributed by atoms with Crippen LogP contribution in [0.25, 0.3) is 0 Å². The molecule has 1 aromatic heterocycles. The van der Waals surface area contributed by atoms with Gasteiger partial charge in [0.25, 0.3) is 0 Å². The monoisotopic (exact) mass is 263 g/mol. The van der Waals surface area contributed by atoms with E-state index in [0.29, 0.717) is 6.04 Å². The van der Waals surface area contributed by atoms with Gasteiger partial charge in [0.05, 0.1) is 11.7 Å². The molecular formula is C16H29N3. The highest BCUT2D eigenvalue weighted by atomic mass is 15.3. The molecule has 0 saturated heterocycles. The number of hydrogen-bond donors (Lipinski definition) is 1. The van der Waals surface area contributed by atoms with Crippen LogP contribution in [0.15, 0.2) is 12.3 Å². The van der Waals surface area contributed by atoms with E-state index in [2.05, 4.69) is 56.9 Å². The summed E-state index contributed by atoms with van der Waals surface area (Å²) in [7, 11) is 0. The number of aromatic nitrogens is 2. The van der Waals surface area contributed by atoms with Gasteiger partial charge in [0.1, 0.15) is 0 Å². The van der Waals surface area contributed by atoms with Crippen LogP contribution in [0.5, 0.6) is 0 Å². The lowest BCUT2D eigenvalue weighted by molar-refractivity contribution is 0.209. The molecule has 1 heterocycles. The molecule has 0 spiro atoms. The van der Waals surface area contributed by atoms with Crippen LogP contribution < -0.4 is 5.32 Å². The lowest BCUT2D eigenvalue weighted by Crippen LogP contribution is -2.35. The fraction of sp³-hybridized carbons (Fsp3) is 0.812. The Morgan fingerprint density at radius 1 is 1.21 bits per heavy atom. The van der Waals surface area contributed by atoms with Crippen molar-refractivity contribution >= 4 is 0 Å². The van der Waals surface area contributed by atoms with E-state index in [-0.39, 0.29) is 5.54 Å². The van der Waals surface area contributed by atoms with E-state index in [9.17, 15) is 0 Å². The summed E-state index contributed by atoms with van der Waals surface area (Å²) in [5, 5.41) is 8.26. The van der Waals surface area contributed by atoms with Gasteiger partial charge in [-0.1, -0.05) is 13.8 Å². The molecule has 2 rings (SSSR count). The van der Waals surface area contributed by atoms with Gasteiger partial charge in [-0.05, 0) is 57.9 Å². The molecule has 0 aliphatic heterocycles. The van der Waals surface area contributed by atoms with Crippen LogP contribution in [0.1, 0.15) is 65.6 Å². The van der Waals surface area contributed by atoms with E-state index < -0.39 is 0 Å². The number of hydrogen-bond acceptors (Lipinski definition) is 2. The summed E-state index contributed by atoms with van der Waals surface area (Å²) in [6, 6.07) is 2.75. The molecule has 3 heteroatoms. The summed E-state index contributed by atoms with van der Waals surface area (Å²) in [6.07, 6.45) is 6.08. The summed E-state index contributed by atoms with van der Waals surface area (Å²) >= 11 is 0. The Kier molecular flexibility index (Phi) is 4.34. The molecule has 2 unspecified atom stereocenters. The fourth-order valence-electron chi connectivity index (χ4n) is 3.15. The van der Waals surface area contributed by atoms with Gasteiger partial charge < -0.3 is 5.32 Å². The summed E-state index contributed by atoms with van der Waals surface area (Å²) < 4.78 is 2.20. The van der Waals surface area contributed by atoms with Crippen molar-refractivity contribution < 1.29 is 0 Å². The number of nitrogens with zero attached hydrogens (tertiary/aromatic N) is 2. The van der Waals surface area contributed by atoms with Crippen molar-refractivity contribution in [2.24, 2.45) is 11.8 Å². The van der Waals surface area contributed by atoms with Gasteiger partial charge in [-0.15, -0.1) is 0 Å². The maximum Gasteiger partial charge on any atom is 0.0762 e. The predicted molar refractivity (Wildman–Crippen MR) is 80.0 cm³/mol. The highest BCUT2D eigenvalue weighted by Crippen LogP contribution is 2.35. The fourth-order valence-corrected chi connectivity index (χ4v) is 3.15. The van der Waals surface area contributed by atoms with Gasteiger partial charge in [-0.3, -0.25) is 4.68 Å². The van der Waals surface area contributed by atoms with E-state index in [1.54, 1.807) is 0 Å². The normalized spacial score (nSPS) is 28.6. The zero-order valence-electron chi connectivity index (χ0n) is 13.1. The largest absolute Gasteiger partial charge is 0.306 e. The van der Waals surface area contributed by atoms with E-state index in [1.165, 1.54) is 19.3 Å². The minimum atomic E-state index is 0.150. The molecule has 0 amide bonds. The van der Waals surface area contributed by atoms with Crippen LogP contribution in [-0.4, -0.2) is 15.3 Å². The minimum Gasteiger partial charge on any atom is -0.306 e. The second-order valence-electron chi connectivity index (χ2n) is 7.46. The summed E-state index contributed by atoms with van der Waals surface area (Å²) in [5.74, 6) is 1.66. The highest BCUT2D eigenvalue weighted by Gasteiger charge is 2.25. The average Bonchev–Trinajstić information content (AvgIpc) is 2.72. The van der Waals surface area contributed by atoms with Crippen molar-refractivity contribution in [2.75, 3.05) is 0 Å². The number of rotatable bonds is 3. The molecule has 1 aliphatic rings. The van der Waals surface area contributed by atoms with E-state index in [1.807, 2.05) is 0 Å². The smallest absolute Gasteiger partial charge is 0.0762 e. The predicted octanol–water partition coefficient (Wildman–Crippen LogP) is 3.77. The Bertz CT molecular complexity index is 392. The van der Waals surface area contributed by atoms with Crippen LogP contribution >= 0.6 is 0 Å². The Morgan fingerprint density at radius 3 is 2.42 bits per heavy atom. The molecule has 0 aromatic carbocycles. The van der Waals surface area contributed by atoms with Crippen molar-refractivity contribution in [2.45, 2.75) is 72.0 Å². The molecule has 1 N–H and O–H groups in total. The van der Waals surface area contributed by atoms with Gasteiger partial charge in [0.2, 0.25) is 0 Å². The molecule has 108 valence electrons. The van der Waals surface area contributed by atoms with Gasteiger partial charge in [-0.2, -0.15) is 5.10 Å². The van der Waals surface area contributed by atoms with Crippen molar-refractivity contribution in [1.29, 1.82) is 0 Å². The highest BCUT2D eigenvalue weighted by molar-refractivity contribution is 5.00. The average molecular weight is 263 g/mol. The van der Waals surface area contributed by atoms with Gasteiger partial charge in [0.15, 0.2) is 0 Å². The third-order valence-electron chi connectivity index (χ3n) is 3.99. The van der Waals surface area contributed by atoms with Crippen molar-refractivity contribution in [3.8, 4) is 0 Å². The molecule has 3 nitrogen and oxygen atoms in total. The SMILES string of the molecule is CC1CC(C)CC(n2ccc(CNC(C)(C)C)n2)C1. The molecule has 0 radical (unpaired) electrons. The molecule has 19 heavy (non-hydrogen) atoms. The van der Waals surface area contributed by atoms with Crippen LogP contribution in [0, 0.1) is 11.8 Å². The molecule has 0 bridgehead atoms. The van der Waals surface area contributed by atoms with E-state index in [0.717, 1.165) is 24.1 Å². The molecule has 2 atom stereocenters. The lowest BCUT2D eigenvalue weighted by atomic mass is 9.80. The first kappa shape index (κ1) is 14.6. The second-order valence-corrected chi connectivity index (χ2v) is 7.46. The quantitative estimate of drug-likeness (QED) is 0.899. The molecule has 1 saturated carbocycles. The van der Waals surface area contributed by atoms with Crippen LogP contribution in [0.3, 0.4) is 0 Å². The molecule has 1 aromatic rings. The zero-order valence-corrected chi connectivity index (χ0v) is 13.1.